The Morgan fingerprint density at radius 1 is 1.21 bits per heavy atom. The van der Waals surface area contributed by atoms with Gasteiger partial charge in [-0.15, -0.1) is 10.2 Å². The van der Waals surface area contributed by atoms with E-state index in [0.717, 1.165) is 18.4 Å². The van der Waals surface area contributed by atoms with Crippen LogP contribution in [0, 0.1) is 5.92 Å². The molecule has 150 valence electrons. The normalized spacial score (nSPS) is 13.1. The zero-order valence-corrected chi connectivity index (χ0v) is 17.3. The maximum atomic E-state index is 12.0. The molecule has 1 aromatic carbocycles. The third-order valence-electron chi connectivity index (χ3n) is 4.10. The van der Waals surface area contributed by atoms with Crippen LogP contribution in [-0.4, -0.2) is 48.5 Å². The van der Waals surface area contributed by atoms with Gasteiger partial charge in [-0.1, -0.05) is 29.2 Å². The smallest absolute Gasteiger partial charge is 0.230 e. The molecule has 1 aliphatic carbocycles. The summed E-state index contributed by atoms with van der Waals surface area (Å²) in [6.45, 7) is 0.522. The summed E-state index contributed by atoms with van der Waals surface area (Å²) in [4.78, 5) is 23.7. The molecule has 0 aliphatic heterocycles. The second-order valence-corrected chi connectivity index (χ2v) is 8.41. The Labute approximate surface area is 171 Å². The van der Waals surface area contributed by atoms with Crippen LogP contribution in [0.15, 0.2) is 22.5 Å². The van der Waals surface area contributed by atoms with Gasteiger partial charge in [0.15, 0.2) is 15.8 Å². The summed E-state index contributed by atoms with van der Waals surface area (Å²) in [5.41, 5.74) is 1.05. The van der Waals surface area contributed by atoms with Crippen molar-refractivity contribution in [1.82, 2.24) is 15.5 Å². The minimum Gasteiger partial charge on any atom is -0.493 e. The minimum atomic E-state index is -0.0794. The van der Waals surface area contributed by atoms with Crippen LogP contribution in [0.2, 0.25) is 0 Å². The van der Waals surface area contributed by atoms with Gasteiger partial charge in [0.2, 0.25) is 16.9 Å². The number of ether oxygens (including phenoxy) is 2. The standard InChI is InChI=1S/C18H22N4O4S2/c1-25-13-6-3-11(9-14(13)26-2)7-8-19-15(23)10-27-18-22-21-17(28-18)20-16(24)12-4-5-12/h3,6,9,12H,4-5,7-8,10H2,1-2H3,(H,19,23)(H,20,21,24). The Morgan fingerprint density at radius 3 is 2.71 bits per heavy atom. The molecule has 0 bridgehead atoms. The van der Waals surface area contributed by atoms with Crippen molar-refractivity contribution in [3.05, 3.63) is 23.8 Å². The predicted octanol–water partition coefficient (Wildman–Crippen LogP) is 2.35. The fourth-order valence-corrected chi connectivity index (χ4v) is 4.02. The summed E-state index contributed by atoms with van der Waals surface area (Å²) in [6, 6.07) is 5.69. The van der Waals surface area contributed by atoms with Crippen LogP contribution >= 0.6 is 23.1 Å². The number of carbonyl (C=O) groups is 2. The van der Waals surface area contributed by atoms with Gasteiger partial charge in [-0.25, -0.2) is 0 Å². The Balaban J connectivity index is 1.38. The van der Waals surface area contributed by atoms with Crippen LogP contribution in [0.25, 0.3) is 0 Å². The number of hydrogen-bond donors (Lipinski definition) is 2. The van der Waals surface area contributed by atoms with Gasteiger partial charge in [0.1, 0.15) is 0 Å². The largest absolute Gasteiger partial charge is 0.493 e. The van der Waals surface area contributed by atoms with E-state index in [0.29, 0.717) is 33.9 Å². The maximum absolute atomic E-state index is 12.0. The van der Waals surface area contributed by atoms with Crippen molar-refractivity contribution >= 4 is 40.0 Å². The first-order valence-electron chi connectivity index (χ1n) is 8.84. The van der Waals surface area contributed by atoms with Crippen molar-refractivity contribution in [2.24, 2.45) is 5.92 Å². The van der Waals surface area contributed by atoms with E-state index in [9.17, 15) is 9.59 Å². The SMILES string of the molecule is COc1ccc(CCNC(=O)CSc2nnc(NC(=O)C3CC3)s2)cc1OC. The molecule has 0 saturated heterocycles. The summed E-state index contributed by atoms with van der Waals surface area (Å²) >= 11 is 2.58. The Morgan fingerprint density at radius 2 is 2.00 bits per heavy atom. The van der Waals surface area contributed by atoms with E-state index in [1.807, 2.05) is 18.2 Å². The first kappa shape index (κ1) is 20.4. The summed E-state index contributed by atoms with van der Waals surface area (Å²) in [5.74, 6) is 1.64. The molecule has 8 nitrogen and oxygen atoms in total. The van der Waals surface area contributed by atoms with E-state index in [-0.39, 0.29) is 23.5 Å². The van der Waals surface area contributed by atoms with Crippen LogP contribution in [0.1, 0.15) is 18.4 Å². The second-order valence-electron chi connectivity index (χ2n) is 6.21. The highest BCUT2D eigenvalue weighted by Crippen LogP contribution is 2.32. The number of benzene rings is 1. The molecule has 2 aromatic rings. The number of anilines is 1. The molecular weight excluding hydrogens is 400 g/mol. The number of nitrogens with one attached hydrogen (secondary N) is 2. The Bertz CT molecular complexity index is 839. The van der Waals surface area contributed by atoms with Crippen LogP contribution in [-0.2, 0) is 16.0 Å². The van der Waals surface area contributed by atoms with Gasteiger partial charge in [0.05, 0.1) is 20.0 Å². The number of thioether (sulfide) groups is 1. The van der Waals surface area contributed by atoms with E-state index in [4.69, 9.17) is 9.47 Å². The van der Waals surface area contributed by atoms with Crippen LogP contribution in [0.5, 0.6) is 11.5 Å². The number of rotatable bonds is 10. The van der Waals surface area contributed by atoms with Crippen molar-refractivity contribution < 1.29 is 19.1 Å². The van der Waals surface area contributed by atoms with Crippen LogP contribution in [0.4, 0.5) is 5.13 Å². The zero-order chi connectivity index (χ0) is 19.9. The first-order chi connectivity index (χ1) is 13.6. The Hall–Kier alpha value is -2.33. The van der Waals surface area contributed by atoms with Gasteiger partial charge >= 0.3 is 0 Å². The Kier molecular flexibility index (Phi) is 7.10. The van der Waals surface area contributed by atoms with Gasteiger partial charge < -0.3 is 20.1 Å². The summed E-state index contributed by atoms with van der Waals surface area (Å²) in [5, 5.41) is 14.1. The van der Waals surface area contributed by atoms with Gasteiger partial charge in [0, 0.05) is 12.5 Å². The molecule has 2 N–H and O–H groups in total. The fraction of sp³-hybridized carbons (Fsp3) is 0.444. The lowest BCUT2D eigenvalue weighted by Gasteiger charge is -2.10. The molecule has 1 fully saturated rings. The monoisotopic (exact) mass is 422 g/mol. The molecule has 28 heavy (non-hydrogen) atoms. The minimum absolute atomic E-state index is 0.000561. The average molecular weight is 423 g/mol. The van der Waals surface area contributed by atoms with Crippen molar-refractivity contribution in [2.75, 3.05) is 31.8 Å². The second kappa shape index (κ2) is 9.74. The van der Waals surface area contributed by atoms with E-state index in [2.05, 4.69) is 20.8 Å². The number of amides is 2. The molecular formula is C18H22N4O4S2. The van der Waals surface area contributed by atoms with Crippen molar-refractivity contribution in [2.45, 2.75) is 23.6 Å². The molecule has 1 saturated carbocycles. The van der Waals surface area contributed by atoms with Crippen molar-refractivity contribution in [1.29, 1.82) is 0 Å². The fourth-order valence-electron chi connectivity index (χ4n) is 2.43. The van der Waals surface area contributed by atoms with Crippen molar-refractivity contribution in [3.8, 4) is 11.5 Å². The van der Waals surface area contributed by atoms with Gasteiger partial charge in [0.25, 0.3) is 0 Å². The summed E-state index contributed by atoms with van der Waals surface area (Å²) in [7, 11) is 3.19. The molecule has 0 radical (unpaired) electrons. The maximum Gasteiger partial charge on any atom is 0.230 e. The molecule has 1 aliphatic rings. The van der Waals surface area contributed by atoms with E-state index < -0.39 is 0 Å². The lowest BCUT2D eigenvalue weighted by atomic mass is 10.1. The molecule has 0 spiro atoms. The van der Waals surface area contributed by atoms with E-state index in [1.54, 1.807) is 14.2 Å². The topological polar surface area (TPSA) is 102 Å². The number of hydrogen-bond acceptors (Lipinski definition) is 8. The highest BCUT2D eigenvalue weighted by molar-refractivity contribution is 8.01. The highest BCUT2D eigenvalue weighted by atomic mass is 32.2. The van der Waals surface area contributed by atoms with E-state index in [1.165, 1.54) is 23.1 Å². The average Bonchev–Trinajstić information content (AvgIpc) is 3.47. The molecule has 0 atom stereocenters. The number of carbonyl (C=O) groups excluding carboxylic acids is 2. The first-order valence-corrected chi connectivity index (χ1v) is 10.6. The van der Waals surface area contributed by atoms with Crippen molar-refractivity contribution in [3.63, 3.8) is 0 Å². The lowest BCUT2D eigenvalue weighted by Crippen LogP contribution is -2.27. The number of aromatic nitrogens is 2. The third-order valence-corrected chi connectivity index (χ3v) is 6.07. The van der Waals surface area contributed by atoms with Gasteiger partial charge in [-0.2, -0.15) is 0 Å². The van der Waals surface area contributed by atoms with Crippen LogP contribution < -0.4 is 20.1 Å². The molecule has 2 amide bonds. The lowest BCUT2D eigenvalue weighted by molar-refractivity contribution is -0.118. The van der Waals surface area contributed by atoms with Crippen LogP contribution in [0.3, 0.4) is 0 Å². The van der Waals surface area contributed by atoms with Gasteiger partial charge in [-0.05, 0) is 37.0 Å². The molecule has 10 heteroatoms. The third kappa shape index (κ3) is 5.83. The predicted molar refractivity (Wildman–Crippen MR) is 108 cm³/mol. The summed E-state index contributed by atoms with van der Waals surface area (Å²) < 4.78 is 11.1. The quantitative estimate of drug-likeness (QED) is 0.448. The molecule has 3 rings (SSSR count). The number of methoxy groups -OCH3 is 2. The zero-order valence-electron chi connectivity index (χ0n) is 15.7. The van der Waals surface area contributed by atoms with Gasteiger partial charge in [-0.3, -0.25) is 9.59 Å². The molecule has 0 unspecified atom stereocenters. The molecule has 1 aromatic heterocycles. The summed E-state index contributed by atoms with van der Waals surface area (Å²) in [6.07, 6.45) is 2.57. The number of nitrogens with zero attached hydrogens (tertiary/aromatic N) is 2. The highest BCUT2D eigenvalue weighted by Gasteiger charge is 2.30. The molecule has 1 heterocycles. The van der Waals surface area contributed by atoms with E-state index >= 15 is 0 Å².